The Kier molecular flexibility index (Phi) is 8.86. The maximum absolute atomic E-state index is 12.4. The fourth-order valence-electron chi connectivity index (χ4n) is 3.23. The zero-order valence-corrected chi connectivity index (χ0v) is 17.2. The standard InChI is InChI=1S/C19H31F3O4S/c1-6-7-8-17-12-15(4)18(25-17)10-9-13(2)11-14(3)16(5)26-27(23,24)19(20,21)22/h13-14,17-18H,4-12H2,1-3H3/t13-,14+,17-,18-/m0/s1. The van der Waals surface area contributed by atoms with E-state index in [1.807, 2.05) is 6.92 Å². The summed E-state index contributed by atoms with van der Waals surface area (Å²) in [6, 6.07) is 0. The topological polar surface area (TPSA) is 52.6 Å². The van der Waals surface area contributed by atoms with Gasteiger partial charge in [0.2, 0.25) is 0 Å². The molecule has 0 aromatic heterocycles. The molecule has 1 aliphatic rings. The molecule has 0 spiro atoms. The highest BCUT2D eigenvalue weighted by Crippen LogP contribution is 2.33. The average Bonchev–Trinajstić information content (AvgIpc) is 2.89. The lowest BCUT2D eigenvalue weighted by molar-refractivity contribution is -0.0526. The van der Waals surface area contributed by atoms with Crippen LogP contribution < -0.4 is 0 Å². The van der Waals surface area contributed by atoms with E-state index in [2.05, 4.69) is 24.3 Å². The van der Waals surface area contributed by atoms with Gasteiger partial charge in [-0.2, -0.15) is 21.6 Å². The zero-order chi connectivity index (χ0) is 20.8. The molecule has 0 radical (unpaired) electrons. The van der Waals surface area contributed by atoms with E-state index in [4.69, 9.17) is 4.74 Å². The Hall–Kier alpha value is -1.02. The first kappa shape index (κ1) is 24.0. The second-order valence-electron chi connectivity index (χ2n) is 7.52. The van der Waals surface area contributed by atoms with Crippen LogP contribution in [0.15, 0.2) is 24.5 Å². The van der Waals surface area contributed by atoms with Crippen LogP contribution in [-0.4, -0.2) is 26.1 Å². The van der Waals surface area contributed by atoms with E-state index in [1.165, 1.54) is 0 Å². The van der Waals surface area contributed by atoms with E-state index >= 15 is 0 Å². The van der Waals surface area contributed by atoms with E-state index in [0.717, 1.165) is 44.1 Å². The van der Waals surface area contributed by atoms with Gasteiger partial charge in [0.1, 0.15) is 5.76 Å². The van der Waals surface area contributed by atoms with Gasteiger partial charge in [-0.15, -0.1) is 0 Å². The molecular weight excluding hydrogens is 381 g/mol. The Morgan fingerprint density at radius 2 is 1.96 bits per heavy atom. The Morgan fingerprint density at radius 3 is 2.52 bits per heavy atom. The SMILES string of the molecule is C=C(OS(=O)(=O)C(F)(F)F)[C@H](C)C[C@@H](C)CC[C@@H]1O[C@@H](CCCC)CC1=C. The molecule has 0 N–H and O–H groups in total. The number of allylic oxidation sites excluding steroid dienone is 1. The summed E-state index contributed by atoms with van der Waals surface area (Å²) in [7, 11) is -5.66. The number of hydrogen-bond acceptors (Lipinski definition) is 4. The third-order valence-corrected chi connectivity index (χ3v) is 5.91. The average molecular weight is 413 g/mol. The minimum atomic E-state index is -5.66. The summed E-state index contributed by atoms with van der Waals surface area (Å²) in [6.45, 7) is 13.2. The molecule has 0 amide bonds. The summed E-state index contributed by atoms with van der Waals surface area (Å²) >= 11 is 0. The molecule has 1 saturated heterocycles. The summed E-state index contributed by atoms with van der Waals surface area (Å²) in [6.07, 6.45) is 6.50. The van der Waals surface area contributed by atoms with E-state index in [-0.39, 0.29) is 23.9 Å². The van der Waals surface area contributed by atoms with Crippen molar-refractivity contribution in [2.45, 2.75) is 83.4 Å². The molecule has 0 aromatic rings. The van der Waals surface area contributed by atoms with Crippen LogP contribution in [0.4, 0.5) is 13.2 Å². The number of unbranched alkanes of at least 4 members (excludes halogenated alkanes) is 1. The predicted molar refractivity (Wildman–Crippen MR) is 99.3 cm³/mol. The third kappa shape index (κ3) is 7.49. The van der Waals surface area contributed by atoms with Crippen LogP contribution in [0.25, 0.3) is 0 Å². The molecule has 1 heterocycles. The molecule has 0 bridgehead atoms. The predicted octanol–water partition coefficient (Wildman–Crippen LogP) is 5.71. The highest BCUT2D eigenvalue weighted by molar-refractivity contribution is 7.87. The van der Waals surface area contributed by atoms with Crippen LogP contribution in [0.2, 0.25) is 0 Å². The van der Waals surface area contributed by atoms with Crippen molar-refractivity contribution in [2.24, 2.45) is 11.8 Å². The van der Waals surface area contributed by atoms with Crippen molar-refractivity contribution in [3.05, 3.63) is 24.5 Å². The quantitative estimate of drug-likeness (QED) is 0.189. The van der Waals surface area contributed by atoms with Crippen LogP contribution in [0.3, 0.4) is 0 Å². The third-order valence-electron chi connectivity index (χ3n) is 4.91. The molecule has 0 saturated carbocycles. The highest BCUT2D eigenvalue weighted by Gasteiger charge is 2.49. The highest BCUT2D eigenvalue weighted by atomic mass is 32.2. The summed E-state index contributed by atoms with van der Waals surface area (Å²) in [5.74, 6) is -0.748. The van der Waals surface area contributed by atoms with Gasteiger partial charge in [-0.3, -0.25) is 0 Å². The number of ether oxygens (including phenoxy) is 1. The van der Waals surface area contributed by atoms with Gasteiger partial charge in [0.15, 0.2) is 0 Å². The Bertz CT molecular complexity index is 613. The Labute approximate surface area is 160 Å². The second kappa shape index (κ2) is 9.96. The molecule has 158 valence electrons. The van der Waals surface area contributed by atoms with Gasteiger partial charge in [0.05, 0.1) is 12.2 Å². The van der Waals surface area contributed by atoms with Crippen LogP contribution in [-0.2, 0) is 19.0 Å². The first-order chi connectivity index (χ1) is 12.4. The van der Waals surface area contributed by atoms with Gasteiger partial charge in [-0.1, -0.05) is 46.8 Å². The van der Waals surface area contributed by atoms with Gasteiger partial charge in [0, 0.05) is 5.92 Å². The molecule has 0 aliphatic carbocycles. The van der Waals surface area contributed by atoms with Crippen LogP contribution in [0.5, 0.6) is 0 Å². The molecule has 0 aromatic carbocycles. The maximum Gasteiger partial charge on any atom is 0.534 e. The summed E-state index contributed by atoms with van der Waals surface area (Å²) in [4.78, 5) is 0. The molecule has 1 aliphatic heterocycles. The van der Waals surface area contributed by atoms with Gasteiger partial charge in [-0.05, 0) is 43.6 Å². The van der Waals surface area contributed by atoms with Crippen molar-refractivity contribution >= 4 is 10.1 Å². The van der Waals surface area contributed by atoms with Crippen LogP contribution >= 0.6 is 0 Å². The van der Waals surface area contributed by atoms with E-state index in [0.29, 0.717) is 6.42 Å². The molecular formula is C19H31F3O4S. The molecule has 27 heavy (non-hydrogen) atoms. The summed E-state index contributed by atoms with van der Waals surface area (Å²) < 4.78 is 69.4. The van der Waals surface area contributed by atoms with E-state index in [1.54, 1.807) is 6.92 Å². The van der Waals surface area contributed by atoms with E-state index in [9.17, 15) is 21.6 Å². The van der Waals surface area contributed by atoms with Crippen molar-refractivity contribution in [2.75, 3.05) is 0 Å². The van der Waals surface area contributed by atoms with Gasteiger partial charge >= 0.3 is 15.6 Å². The number of hydrogen-bond donors (Lipinski definition) is 0. The first-order valence-corrected chi connectivity index (χ1v) is 10.8. The minimum Gasteiger partial charge on any atom is -0.381 e. The van der Waals surface area contributed by atoms with Gasteiger partial charge in [-0.25, -0.2) is 0 Å². The van der Waals surface area contributed by atoms with Crippen LogP contribution in [0, 0.1) is 11.8 Å². The lowest BCUT2D eigenvalue weighted by atomic mass is 9.91. The fourth-order valence-corrected chi connectivity index (χ4v) is 3.77. The minimum absolute atomic E-state index is 0.0228. The Morgan fingerprint density at radius 1 is 1.33 bits per heavy atom. The lowest BCUT2D eigenvalue weighted by Gasteiger charge is -2.21. The molecule has 8 heteroatoms. The van der Waals surface area contributed by atoms with Crippen LogP contribution in [0.1, 0.15) is 65.7 Å². The van der Waals surface area contributed by atoms with Crippen molar-refractivity contribution in [3.8, 4) is 0 Å². The van der Waals surface area contributed by atoms with E-state index < -0.39 is 21.5 Å². The normalized spacial score (nSPS) is 23.3. The monoisotopic (exact) mass is 412 g/mol. The molecule has 4 atom stereocenters. The summed E-state index contributed by atoms with van der Waals surface area (Å²) in [5.41, 5.74) is -4.35. The molecule has 1 rings (SSSR count). The van der Waals surface area contributed by atoms with Crippen molar-refractivity contribution in [1.82, 2.24) is 0 Å². The number of alkyl halides is 3. The zero-order valence-electron chi connectivity index (χ0n) is 16.3. The largest absolute Gasteiger partial charge is 0.534 e. The lowest BCUT2D eigenvalue weighted by Crippen LogP contribution is -2.26. The second-order valence-corrected chi connectivity index (χ2v) is 9.06. The summed E-state index contributed by atoms with van der Waals surface area (Å²) in [5, 5.41) is 0. The smallest absolute Gasteiger partial charge is 0.381 e. The number of rotatable bonds is 11. The Balaban J connectivity index is 2.42. The molecule has 0 unspecified atom stereocenters. The van der Waals surface area contributed by atoms with Crippen molar-refractivity contribution < 1.29 is 30.5 Å². The number of halogens is 3. The van der Waals surface area contributed by atoms with Gasteiger partial charge in [0.25, 0.3) is 0 Å². The maximum atomic E-state index is 12.4. The fraction of sp³-hybridized carbons (Fsp3) is 0.789. The molecule has 1 fully saturated rings. The van der Waals surface area contributed by atoms with Crippen molar-refractivity contribution in [3.63, 3.8) is 0 Å². The van der Waals surface area contributed by atoms with Crippen molar-refractivity contribution in [1.29, 1.82) is 0 Å². The van der Waals surface area contributed by atoms with Gasteiger partial charge < -0.3 is 8.92 Å². The first-order valence-electron chi connectivity index (χ1n) is 9.40. The molecule has 4 nitrogen and oxygen atoms in total.